The van der Waals surface area contributed by atoms with Crippen LogP contribution in [-0.2, 0) is 5.41 Å². The number of hydrogen-bond acceptors (Lipinski definition) is 5. The number of rotatable bonds is 8. The molecule has 0 fully saturated rings. The summed E-state index contributed by atoms with van der Waals surface area (Å²) in [4.78, 5) is 23.4. The molecule has 0 spiro atoms. The van der Waals surface area contributed by atoms with Gasteiger partial charge in [-0.3, -0.25) is 9.97 Å². The molecule has 0 saturated heterocycles. The summed E-state index contributed by atoms with van der Waals surface area (Å²) in [6, 6.07) is 65.2. The highest BCUT2D eigenvalue weighted by atomic mass is 14.9. The number of benzene rings is 7. The van der Waals surface area contributed by atoms with E-state index in [1.807, 2.05) is 54.9 Å². The molecule has 0 N–H and O–H groups in total. The maximum absolute atomic E-state index is 9.92. The molecule has 0 atom stereocenters. The van der Waals surface area contributed by atoms with Crippen LogP contribution in [0.3, 0.4) is 0 Å². The molecule has 6 heteroatoms. The van der Waals surface area contributed by atoms with Crippen LogP contribution in [0, 0.1) is 17.9 Å². The van der Waals surface area contributed by atoms with E-state index in [-0.39, 0.29) is 0 Å². The van der Waals surface area contributed by atoms with Gasteiger partial charge in [0.25, 0.3) is 0 Å². The third-order valence-corrected chi connectivity index (χ3v) is 12.9. The van der Waals surface area contributed by atoms with Crippen LogP contribution < -0.4 is 0 Å². The summed E-state index contributed by atoms with van der Waals surface area (Å²) in [6.45, 7) is 12.4. The third-order valence-electron chi connectivity index (χ3n) is 12.9. The SMILES string of the molecule is [C-]#[N+]c1cc(C#N)cc2c1-c1ccc(-c3cc(-c4cc(-c5cccnc5)cc(-c5cccnc5)c4)cc(-c4cc(-c5ccc(-c6ccccc6)cc5)nc(-c5ccccc5)n4)c3)cc1C2(C)C. The van der Waals surface area contributed by atoms with E-state index in [1.165, 1.54) is 0 Å². The zero-order chi connectivity index (χ0) is 45.5. The van der Waals surface area contributed by atoms with Crippen molar-refractivity contribution in [2.24, 2.45) is 0 Å². The molecule has 10 aromatic rings. The van der Waals surface area contributed by atoms with Crippen molar-refractivity contribution in [2.45, 2.75) is 19.3 Å². The average Bonchev–Trinajstić information content (AvgIpc) is 3.63. The van der Waals surface area contributed by atoms with E-state index in [0.717, 1.165) is 106 Å². The van der Waals surface area contributed by atoms with Crippen molar-refractivity contribution in [1.29, 1.82) is 5.26 Å². The first kappa shape index (κ1) is 40.7. The van der Waals surface area contributed by atoms with E-state index in [9.17, 15) is 5.26 Å². The molecule has 1 aliphatic carbocycles. The monoisotopic (exact) mass is 856 g/mol. The Hall–Kier alpha value is -9.10. The number of pyridine rings is 2. The first-order chi connectivity index (χ1) is 32.8. The molecule has 3 aromatic heterocycles. The fourth-order valence-electron chi connectivity index (χ4n) is 9.39. The van der Waals surface area contributed by atoms with Crippen LogP contribution in [-0.4, -0.2) is 19.9 Å². The molecule has 0 saturated carbocycles. The minimum atomic E-state index is -0.452. The molecular formula is C61H40N6. The summed E-state index contributed by atoms with van der Waals surface area (Å²) >= 11 is 0. The number of nitrogens with zero attached hydrogens (tertiary/aromatic N) is 6. The molecule has 6 nitrogen and oxygen atoms in total. The standard InChI is InChI=1S/C61H40N6/c1-61(2)54-34-44(22-23-53(54)59-55(61)26-39(36-62)27-58(59)63-3)47-28-51(50-30-48(45-16-10-24-64-37-45)29-49(31-50)46-17-11-25-65-38-46)33-52(32-47)57-35-56(66-60(67-57)43-14-8-5-9-15-43)42-20-18-41(19-21-42)40-12-6-4-7-13-40/h4-35,37-38H,1-2H3. The summed E-state index contributed by atoms with van der Waals surface area (Å²) in [5, 5.41) is 9.92. The Morgan fingerprint density at radius 3 is 1.51 bits per heavy atom. The average molecular weight is 857 g/mol. The van der Waals surface area contributed by atoms with E-state index >= 15 is 0 Å². The molecule has 314 valence electrons. The van der Waals surface area contributed by atoms with Crippen molar-refractivity contribution >= 4 is 5.69 Å². The van der Waals surface area contributed by atoms with Crippen molar-refractivity contribution in [3.05, 3.63) is 235 Å². The van der Waals surface area contributed by atoms with Gasteiger partial charge in [-0.1, -0.05) is 123 Å². The maximum Gasteiger partial charge on any atom is 0.196 e. The van der Waals surface area contributed by atoms with Gasteiger partial charge in [0.15, 0.2) is 11.5 Å². The fraction of sp³-hybridized carbons (Fsp3) is 0.0492. The minimum absolute atomic E-state index is 0.452. The number of aromatic nitrogens is 4. The third kappa shape index (κ3) is 7.63. The first-order valence-corrected chi connectivity index (χ1v) is 22.2. The van der Waals surface area contributed by atoms with Crippen LogP contribution in [0.4, 0.5) is 5.69 Å². The fourth-order valence-corrected chi connectivity index (χ4v) is 9.39. The van der Waals surface area contributed by atoms with Gasteiger partial charge < -0.3 is 0 Å². The zero-order valence-electron chi connectivity index (χ0n) is 36.8. The molecule has 3 heterocycles. The molecule has 11 rings (SSSR count). The summed E-state index contributed by atoms with van der Waals surface area (Å²) < 4.78 is 0. The van der Waals surface area contributed by atoms with Crippen LogP contribution in [0.15, 0.2) is 207 Å². The molecule has 0 amide bonds. The van der Waals surface area contributed by atoms with Gasteiger partial charge in [0, 0.05) is 63.6 Å². The molecule has 1 aliphatic rings. The molecule has 0 unspecified atom stereocenters. The Labute approximate surface area is 390 Å². The molecule has 7 aromatic carbocycles. The van der Waals surface area contributed by atoms with Gasteiger partial charge in [-0.05, 0) is 140 Å². The van der Waals surface area contributed by atoms with E-state index in [4.69, 9.17) is 16.5 Å². The highest BCUT2D eigenvalue weighted by Crippen LogP contribution is 2.54. The zero-order valence-corrected chi connectivity index (χ0v) is 36.8. The Kier molecular flexibility index (Phi) is 10.2. The van der Waals surface area contributed by atoms with Gasteiger partial charge in [-0.25, -0.2) is 14.8 Å². The predicted molar refractivity (Wildman–Crippen MR) is 270 cm³/mol. The van der Waals surface area contributed by atoms with Gasteiger partial charge in [0.1, 0.15) is 0 Å². The first-order valence-electron chi connectivity index (χ1n) is 22.2. The molecular weight excluding hydrogens is 817 g/mol. The second-order valence-electron chi connectivity index (χ2n) is 17.4. The highest BCUT2D eigenvalue weighted by Gasteiger charge is 2.37. The van der Waals surface area contributed by atoms with E-state index in [1.54, 1.807) is 18.5 Å². The normalized spacial score (nSPS) is 12.1. The lowest BCUT2D eigenvalue weighted by atomic mass is 9.81. The summed E-state index contributed by atoms with van der Waals surface area (Å²) in [6.07, 6.45) is 7.39. The van der Waals surface area contributed by atoms with Crippen molar-refractivity contribution in [3.8, 4) is 107 Å². The van der Waals surface area contributed by atoms with Crippen molar-refractivity contribution in [3.63, 3.8) is 0 Å². The largest absolute Gasteiger partial charge is 0.264 e. The Bertz CT molecular complexity index is 3530. The number of hydrogen-bond donors (Lipinski definition) is 0. The van der Waals surface area contributed by atoms with Gasteiger partial charge in [0.05, 0.1) is 24.0 Å². The quantitative estimate of drug-likeness (QED) is 0.142. The van der Waals surface area contributed by atoms with Crippen LogP contribution in [0.5, 0.6) is 0 Å². The topological polar surface area (TPSA) is 79.7 Å². The van der Waals surface area contributed by atoms with Crippen molar-refractivity contribution in [2.75, 3.05) is 0 Å². The van der Waals surface area contributed by atoms with Gasteiger partial charge in [0.2, 0.25) is 0 Å². The second-order valence-corrected chi connectivity index (χ2v) is 17.4. The van der Waals surface area contributed by atoms with Crippen molar-refractivity contribution in [1.82, 2.24) is 19.9 Å². The lowest BCUT2D eigenvalue weighted by Crippen LogP contribution is -2.15. The minimum Gasteiger partial charge on any atom is -0.264 e. The molecule has 67 heavy (non-hydrogen) atoms. The predicted octanol–water partition coefficient (Wildman–Crippen LogP) is 15.3. The Morgan fingerprint density at radius 1 is 0.448 bits per heavy atom. The van der Waals surface area contributed by atoms with E-state index in [0.29, 0.717) is 17.1 Å². The van der Waals surface area contributed by atoms with Crippen LogP contribution in [0.1, 0.15) is 30.5 Å². The van der Waals surface area contributed by atoms with E-state index in [2.05, 4.69) is 168 Å². The number of fused-ring (bicyclic) bond motifs is 3. The lowest BCUT2D eigenvalue weighted by Gasteiger charge is -2.22. The number of nitriles is 1. The van der Waals surface area contributed by atoms with Crippen LogP contribution in [0.25, 0.3) is 106 Å². The molecule has 0 bridgehead atoms. The van der Waals surface area contributed by atoms with Gasteiger partial charge in [-0.2, -0.15) is 5.26 Å². The Morgan fingerprint density at radius 2 is 0.940 bits per heavy atom. The van der Waals surface area contributed by atoms with Gasteiger partial charge in [-0.15, -0.1) is 0 Å². The maximum atomic E-state index is 9.92. The summed E-state index contributed by atoms with van der Waals surface area (Å²) in [5.41, 5.74) is 19.5. The smallest absolute Gasteiger partial charge is 0.196 e. The molecule has 0 aliphatic heterocycles. The van der Waals surface area contributed by atoms with Crippen LogP contribution >= 0.6 is 0 Å². The van der Waals surface area contributed by atoms with E-state index < -0.39 is 5.41 Å². The summed E-state index contributed by atoms with van der Waals surface area (Å²) in [5.74, 6) is 0.633. The van der Waals surface area contributed by atoms with Crippen molar-refractivity contribution < 1.29 is 0 Å². The second kappa shape index (κ2) is 16.8. The summed E-state index contributed by atoms with van der Waals surface area (Å²) in [7, 11) is 0. The highest BCUT2D eigenvalue weighted by molar-refractivity contribution is 5.93. The Balaban J connectivity index is 1.13. The van der Waals surface area contributed by atoms with Crippen LogP contribution in [0.2, 0.25) is 0 Å². The lowest BCUT2D eigenvalue weighted by molar-refractivity contribution is 0.660. The van der Waals surface area contributed by atoms with Gasteiger partial charge >= 0.3 is 0 Å². The molecule has 0 radical (unpaired) electrons.